The van der Waals surface area contributed by atoms with Gasteiger partial charge in [-0.2, -0.15) is 0 Å². The summed E-state index contributed by atoms with van der Waals surface area (Å²) in [5, 5.41) is 9.31. The van der Waals surface area contributed by atoms with E-state index < -0.39 is 24.2 Å². The summed E-state index contributed by atoms with van der Waals surface area (Å²) in [5.74, 6) is -2.64. The number of carboxylic acids is 1. The van der Waals surface area contributed by atoms with Gasteiger partial charge in [0.1, 0.15) is 18.2 Å². The van der Waals surface area contributed by atoms with Crippen molar-refractivity contribution in [2.75, 3.05) is 6.54 Å². The number of nitrogens with zero attached hydrogens (tertiary/aromatic N) is 2. The van der Waals surface area contributed by atoms with Crippen LogP contribution in [0.1, 0.15) is 27.2 Å². The lowest BCUT2D eigenvalue weighted by molar-refractivity contribution is -0.137. The van der Waals surface area contributed by atoms with Gasteiger partial charge in [-0.05, 0) is 47.5 Å². The average Bonchev–Trinajstić information content (AvgIpc) is 2.69. The first kappa shape index (κ1) is 21.4. The molecular weight excluding hydrogens is 414 g/mol. The Kier molecular flexibility index (Phi) is 6.74. The van der Waals surface area contributed by atoms with Crippen molar-refractivity contribution in [1.29, 1.82) is 0 Å². The number of hydrogen-bond acceptors (Lipinski definition) is 3. The lowest BCUT2D eigenvalue weighted by Gasteiger charge is -2.22. The van der Waals surface area contributed by atoms with Gasteiger partial charge in [0.05, 0.1) is 0 Å². The maximum Gasteiger partial charge on any atom is 0.323 e. The summed E-state index contributed by atoms with van der Waals surface area (Å²) in [6.07, 6.45) is 1.74. The third kappa shape index (κ3) is 5.61. The number of carbonyl (C=O) groups is 2. The molecule has 0 spiro atoms. The molecule has 0 saturated carbocycles. The van der Waals surface area contributed by atoms with E-state index in [-0.39, 0.29) is 22.9 Å². The Labute approximate surface area is 176 Å². The Morgan fingerprint density at radius 3 is 2.50 bits per heavy atom. The topological polar surface area (TPSA) is 70.5 Å². The highest BCUT2D eigenvalue weighted by Gasteiger charge is 2.21. The van der Waals surface area contributed by atoms with Crippen molar-refractivity contribution in [3.8, 4) is 0 Å². The summed E-state index contributed by atoms with van der Waals surface area (Å²) in [6.45, 7) is -0.667. The number of carbonyl (C=O) groups excluding carboxylic acids is 1. The Balaban J connectivity index is 1.84. The molecule has 0 fully saturated rings. The fourth-order valence-electron chi connectivity index (χ4n) is 2.96. The second kappa shape index (κ2) is 9.45. The zero-order chi connectivity index (χ0) is 21.7. The fraction of sp³-hybridized carbons (Fsp3) is 0.136. The number of aromatic nitrogens is 1. The molecule has 0 atom stereocenters. The van der Waals surface area contributed by atoms with Crippen molar-refractivity contribution in [2.24, 2.45) is 0 Å². The number of hydrogen-bond donors (Lipinski definition) is 1. The van der Waals surface area contributed by atoms with Gasteiger partial charge >= 0.3 is 5.97 Å². The largest absolute Gasteiger partial charge is 0.480 e. The molecule has 0 unspecified atom stereocenters. The molecular formula is C22H17ClF2N2O3. The lowest BCUT2D eigenvalue weighted by atomic mass is 10.1. The molecule has 1 amide bonds. The highest BCUT2D eigenvalue weighted by molar-refractivity contribution is 6.31. The monoisotopic (exact) mass is 430 g/mol. The fourth-order valence-corrected chi connectivity index (χ4v) is 3.19. The summed E-state index contributed by atoms with van der Waals surface area (Å²) < 4.78 is 26.7. The van der Waals surface area contributed by atoms with E-state index in [1.165, 1.54) is 42.6 Å². The molecule has 0 bridgehead atoms. The van der Waals surface area contributed by atoms with E-state index in [9.17, 15) is 23.5 Å². The molecule has 3 rings (SSSR count). The van der Waals surface area contributed by atoms with Crippen LogP contribution in [0.25, 0.3) is 0 Å². The van der Waals surface area contributed by atoms with Crippen LogP contribution >= 0.6 is 11.6 Å². The molecule has 1 heterocycles. The van der Waals surface area contributed by atoms with Crippen LogP contribution in [-0.2, 0) is 17.8 Å². The minimum absolute atomic E-state index is 0.0970. The van der Waals surface area contributed by atoms with Crippen LogP contribution in [0.4, 0.5) is 8.78 Å². The molecule has 5 nitrogen and oxygen atoms in total. The molecule has 30 heavy (non-hydrogen) atoms. The summed E-state index contributed by atoms with van der Waals surface area (Å²) in [7, 11) is 0. The third-order valence-electron chi connectivity index (χ3n) is 4.33. The number of aliphatic carboxylic acids is 1. The van der Waals surface area contributed by atoms with Crippen LogP contribution < -0.4 is 0 Å². The van der Waals surface area contributed by atoms with Gasteiger partial charge in [-0.1, -0.05) is 29.8 Å². The second-order valence-corrected chi connectivity index (χ2v) is 7.04. The van der Waals surface area contributed by atoms with E-state index in [2.05, 4.69) is 4.98 Å². The maximum atomic E-state index is 13.4. The van der Waals surface area contributed by atoms with E-state index in [0.29, 0.717) is 23.2 Å². The molecule has 0 aliphatic heterocycles. The van der Waals surface area contributed by atoms with Crippen molar-refractivity contribution in [3.05, 3.63) is 99.8 Å². The first-order valence-corrected chi connectivity index (χ1v) is 9.34. The number of pyridine rings is 1. The van der Waals surface area contributed by atoms with Crippen molar-refractivity contribution in [2.45, 2.75) is 13.0 Å². The number of halogens is 3. The number of rotatable bonds is 7. The molecule has 0 saturated heterocycles. The van der Waals surface area contributed by atoms with E-state index in [0.717, 1.165) is 11.0 Å². The third-order valence-corrected chi connectivity index (χ3v) is 4.68. The zero-order valence-electron chi connectivity index (χ0n) is 15.7. The normalized spacial score (nSPS) is 10.6. The lowest BCUT2D eigenvalue weighted by Crippen LogP contribution is -2.35. The van der Waals surface area contributed by atoms with E-state index >= 15 is 0 Å². The Morgan fingerprint density at radius 1 is 1.03 bits per heavy atom. The molecule has 0 aliphatic rings. The van der Waals surface area contributed by atoms with Gasteiger partial charge in [0, 0.05) is 35.4 Å². The van der Waals surface area contributed by atoms with Crippen LogP contribution in [0, 0.1) is 11.6 Å². The molecule has 0 radical (unpaired) electrons. The van der Waals surface area contributed by atoms with Gasteiger partial charge in [0.2, 0.25) is 0 Å². The van der Waals surface area contributed by atoms with Gasteiger partial charge in [-0.25, -0.2) is 8.78 Å². The Bertz CT molecular complexity index is 1090. The maximum absolute atomic E-state index is 13.4. The highest BCUT2D eigenvalue weighted by atomic mass is 35.5. The van der Waals surface area contributed by atoms with E-state index in [1.54, 1.807) is 12.1 Å². The molecule has 8 heteroatoms. The predicted octanol–water partition coefficient (Wildman–Crippen LogP) is 4.33. The minimum Gasteiger partial charge on any atom is -0.480 e. The quantitative estimate of drug-likeness (QED) is 0.605. The highest BCUT2D eigenvalue weighted by Crippen LogP contribution is 2.20. The Hall–Kier alpha value is -3.32. The molecule has 1 aromatic heterocycles. The van der Waals surface area contributed by atoms with Crippen molar-refractivity contribution >= 4 is 23.5 Å². The van der Waals surface area contributed by atoms with Crippen molar-refractivity contribution < 1.29 is 23.5 Å². The van der Waals surface area contributed by atoms with Crippen LogP contribution in [0.15, 0.2) is 60.8 Å². The molecule has 0 aliphatic carbocycles. The summed E-state index contributed by atoms with van der Waals surface area (Å²) in [4.78, 5) is 29.6. The van der Waals surface area contributed by atoms with Gasteiger partial charge in [0.25, 0.3) is 5.91 Å². The van der Waals surface area contributed by atoms with E-state index in [1.807, 2.05) is 0 Å². The van der Waals surface area contributed by atoms with Gasteiger partial charge < -0.3 is 10.0 Å². The summed E-state index contributed by atoms with van der Waals surface area (Å²) >= 11 is 6.02. The number of carboxylic acid groups (broad SMARTS) is 1. The minimum atomic E-state index is -1.20. The Morgan fingerprint density at radius 2 is 1.80 bits per heavy atom. The molecule has 1 N–H and O–H groups in total. The first-order chi connectivity index (χ1) is 14.3. The molecule has 2 aromatic carbocycles. The SMILES string of the molecule is O=C(O)CN(Cc1ccc(F)cc1Cl)C(=O)c1ccnc(Cc2cccc(F)c2)c1. The number of benzene rings is 2. The van der Waals surface area contributed by atoms with Gasteiger partial charge in [-0.15, -0.1) is 0 Å². The van der Waals surface area contributed by atoms with Crippen molar-refractivity contribution in [1.82, 2.24) is 9.88 Å². The average molecular weight is 431 g/mol. The van der Waals surface area contributed by atoms with Crippen molar-refractivity contribution in [3.63, 3.8) is 0 Å². The second-order valence-electron chi connectivity index (χ2n) is 6.63. The number of amides is 1. The zero-order valence-corrected chi connectivity index (χ0v) is 16.4. The summed E-state index contributed by atoms with van der Waals surface area (Å²) in [5.41, 5.74) is 1.87. The first-order valence-electron chi connectivity index (χ1n) is 8.96. The van der Waals surface area contributed by atoms with E-state index in [4.69, 9.17) is 11.6 Å². The van der Waals surface area contributed by atoms with Gasteiger partial charge in [-0.3, -0.25) is 14.6 Å². The van der Waals surface area contributed by atoms with Gasteiger partial charge in [0.15, 0.2) is 0 Å². The molecule has 154 valence electrons. The molecule has 3 aromatic rings. The predicted molar refractivity (Wildman–Crippen MR) is 107 cm³/mol. The van der Waals surface area contributed by atoms with Crippen LogP contribution in [0.2, 0.25) is 5.02 Å². The van der Waals surface area contributed by atoms with Crippen LogP contribution in [0.5, 0.6) is 0 Å². The smallest absolute Gasteiger partial charge is 0.323 e. The van der Waals surface area contributed by atoms with Crippen LogP contribution in [-0.4, -0.2) is 33.4 Å². The standard InChI is InChI=1S/C22H17ClF2N2O3/c23-20-11-18(25)5-4-16(20)12-27(13-21(28)29)22(30)15-6-7-26-19(10-15)9-14-2-1-3-17(24)8-14/h1-8,10-11H,9,12-13H2,(H,28,29). The summed E-state index contributed by atoms with van der Waals surface area (Å²) in [6, 6.07) is 12.7. The van der Waals surface area contributed by atoms with Crippen LogP contribution in [0.3, 0.4) is 0 Å².